The zero-order valence-corrected chi connectivity index (χ0v) is 14.4. The number of hydrogen-bond acceptors (Lipinski definition) is 5. The molecular weight excluding hydrogens is 363 g/mol. The molecule has 2 heterocycles. The number of nitrogens with zero attached hydrogens (tertiary/aromatic N) is 4. The molecule has 25 heavy (non-hydrogen) atoms. The van der Waals surface area contributed by atoms with Gasteiger partial charge in [-0.3, -0.25) is 14.6 Å². The van der Waals surface area contributed by atoms with E-state index in [9.17, 15) is 9.59 Å². The maximum absolute atomic E-state index is 12.8. The number of carbonyl (C=O) groups is 2. The van der Waals surface area contributed by atoms with Crippen LogP contribution in [0.2, 0.25) is 10.0 Å². The van der Waals surface area contributed by atoms with Crippen LogP contribution in [0.25, 0.3) is 0 Å². The first kappa shape index (κ1) is 16.1. The van der Waals surface area contributed by atoms with Gasteiger partial charge in [0.1, 0.15) is 0 Å². The van der Waals surface area contributed by atoms with E-state index >= 15 is 0 Å². The molecule has 1 fully saturated rings. The fraction of sp³-hybridized carbons (Fsp3) is 0.176. The molecule has 0 aliphatic carbocycles. The highest BCUT2D eigenvalue weighted by molar-refractivity contribution is 6.31. The lowest BCUT2D eigenvalue weighted by Crippen LogP contribution is -2.39. The van der Waals surface area contributed by atoms with Crippen molar-refractivity contribution < 1.29 is 9.59 Å². The standard InChI is InChI=1S/C17H12Cl2N4O2/c18-11-5-7-12(8-6-11)23-16(24)14-15(17(23)25)22(21-20-14)9-10-3-1-2-4-13(10)19/h1-8,14-15H,9H2. The molecule has 2 aliphatic heterocycles. The maximum Gasteiger partial charge on any atom is 0.263 e. The van der Waals surface area contributed by atoms with Crippen LogP contribution in [0.3, 0.4) is 0 Å². The molecule has 2 aromatic carbocycles. The molecule has 2 aromatic rings. The molecule has 4 rings (SSSR count). The highest BCUT2D eigenvalue weighted by Crippen LogP contribution is 2.33. The molecule has 0 N–H and O–H groups in total. The third-order valence-corrected chi connectivity index (χ3v) is 4.85. The molecule has 0 bridgehead atoms. The van der Waals surface area contributed by atoms with Crippen molar-refractivity contribution in [1.82, 2.24) is 5.01 Å². The second-order valence-corrected chi connectivity index (χ2v) is 6.62. The fourth-order valence-electron chi connectivity index (χ4n) is 3.00. The van der Waals surface area contributed by atoms with Crippen molar-refractivity contribution in [2.24, 2.45) is 10.3 Å². The smallest absolute Gasteiger partial charge is 0.263 e. The summed E-state index contributed by atoms with van der Waals surface area (Å²) in [6.07, 6.45) is 0. The molecule has 0 radical (unpaired) electrons. The molecule has 1 saturated heterocycles. The number of anilines is 1. The second kappa shape index (κ2) is 6.13. The van der Waals surface area contributed by atoms with E-state index in [1.807, 2.05) is 18.2 Å². The molecule has 8 heteroatoms. The van der Waals surface area contributed by atoms with E-state index in [-0.39, 0.29) is 11.8 Å². The van der Waals surface area contributed by atoms with Gasteiger partial charge in [0.15, 0.2) is 12.1 Å². The number of carbonyl (C=O) groups excluding carboxylic acids is 2. The van der Waals surface area contributed by atoms with Gasteiger partial charge in [0.25, 0.3) is 11.8 Å². The third kappa shape index (κ3) is 2.67. The number of rotatable bonds is 3. The van der Waals surface area contributed by atoms with Gasteiger partial charge in [0.05, 0.1) is 12.2 Å². The lowest BCUT2D eigenvalue weighted by atomic mass is 10.1. The van der Waals surface area contributed by atoms with Gasteiger partial charge >= 0.3 is 0 Å². The van der Waals surface area contributed by atoms with Crippen LogP contribution in [0.1, 0.15) is 5.56 Å². The van der Waals surface area contributed by atoms with Crippen LogP contribution in [-0.4, -0.2) is 28.9 Å². The normalized spacial score (nSPS) is 22.0. The summed E-state index contributed by atoms with van der Waals surface area (Å²) in [5.74, 6) is -0.739. The number of hydrogen-bond donors (Lipinski definition) is 0. The Morgan fingerprint density at radius 3 is 2.40 bits per heavy atom. The summed E-state index contributed by atoms with van der Waals surface area (Å²) in [5.41, 5.74) is 1.29. The summed E-state index contributed by atoms with van der Waals surface area (Å²) in [6.45, 7) is 0.303. The monoisotopic (exact) mass is 374 g/mol. The molecule has 0 saturated carbocycles. The van der Waals surface area contributed by atoms with Crippen LogP contribution in [0.5, 0.6) is 0 Å². The minimum atomic E-state index is -0.828. The quantitative estimate of drug-likeness (QED) is 0.772. The summed E-state index contributed by atoms with van der Waals surface area (Å²) in [5, 5.41) is 10.6. The zero-order chi connectivity index (χ0) is 17.6. The lowest BCUT2D eigenvalue weighted by molar-refractivity contribution is -0.123. The Hall–Kier alpha value is -2.44. The SMILES string of the molecule is O=C1C2N=NN(Cc3ccccc3Cl)C2C(=O)N1c1ccc(Cl)cc1. The van der Waals surface area contributed by atoms with Crippen LogP contribution < -0.4 is 4.90 Å². The van der Waals surface area contributed by atoms with Gasteiger partial charge < -0.3 is 0 Å². The minimum Gasteiger partial charge on any atom is -0.271 e. The van der Waals surface area contributed by atoms with Crippen molar-refractivity contribution in [2.45, 2.75) is 18.6 Å². The van der Waals surface area contributed by atoms with E-state index in [0.29, 0.717) is 22.3 Å². The predicted octanol–water partition coefficient (Wildman–Crippen LogP) is 3.49. The third-order valence-electron chi connectivity index (χ3n) is 4.23. The van der Waals surface area contributed by atoms with Crippen LogP contribution >= 0.6 is 23.2 Å². The van der Waals surface area contributed by atoms with Crippen molar-refractivity contribution >= 4 is 40.7 Å². The lowest BCUT2D eigenvalue weighted by Gasteiger charge is -2.21. The molecule has 0 aromatic heterocycles. The van der Waals surface area contributed by atoms with Gasteiger partial charge in [-0.25, -0.2) is 4.90 Å². The Morgan fingerprint density at radius 1 is 0.960 bits per heavy atom. The average Bonchev–Trinajstić information content (AvgIpc) is 3.12. The molecule has 2 aliphatic rings. The van der Waals surface area contributed by atoms with Crippen molar-refractivity contribution in [3.05, 3.63) is 64.1 Å². The average molecular weight is 375 g/mol. The van der Waals surface area contributed by atoms with Gasteiger partial charge in [-0.1, -0.05) is 46.6 Å². The Balaban J connectivity index is 1.62. The van der Waals surface area contributed by atoms with Crippen LogP contribution in [0.4, 0.5) is 5.69 Å². The van der Waals surface area contributed by atoms with E-state index < -0.39 is 12.1 Å². The van der Waals surface area contributed by atoms with E-state index in [1.54, 1.807) is 30.3 Å². The summed E-state index contributed by atoms with van der Waals surface area (Å²) < 4.78 is 0. The van der Waals surface area contributed by atoms with Crippen LogP contribution in [-0.2, 0) is 16.1 Å². The Labute approximate surface area is 153 Å². The van der Waals surface area contributed by atoms with Crippen LogP contribution in [0.15, 0.2) is 58.9 Å². The van der Waals surface area contributed by atoms with Gasteiger partial charge in [-0.2, -0.15) is 5.11 Å². The molecule has 6 nitrogen and oxygen atoms in total. The number of imide groups is 1. The zero-order valence-electron chi connectivity index (χ0n) is 12.8. The van der Waals surface area contributed by atoms with Gasteiger partial charge in [-0.05, 0) is 35.9 Å². The Morgan fingerprint density at radius 2 is 1.68 bits per heavy atom. The summed E-state index contributed by atoms with van der Waals surface area (Å²) >= 11 is 12.0. The molecule has 126 valence electrons. The largest absolute Gasteiger partial charge is 0.271 e. The van der Waals surface area contributed by atoms with Gasteiger partial charge in [0, 0.05) is 10.0 Å². The number of fused-ring (bicyclic) bond motifs is 1. The number of benzene rings is 2. The predicted molar refractivity (Wildman–Crippen MR) is 93.4 cm³/mol. The highest BCUT2D eigenvalue weighted by atomic mass is 35.5. The number of amides is 2. The first-order valence-corrected chi connectivity index (χ1v) is 8.36. The Kier molecular flexibility index (Phi) is 3.94. The summed E-state index contributed by atoms with van der Waals surface area (Å²) in [7, 11) is 0. The van der Waals surface area contributed by atoms with Crippen molar-refractivity contribution in [3.63, 3.8) is 0 Å². The van der Waals surface area contributed by atoms with Gasteiger partial charge in [0.2, 0.25) is 0 Å². The Bertz CT molecular complexity index is 884. The molecule has 2 unspecified atom stereocenters. The van der Waals surface area contributed by atoms with E-state index in [4.69, 9.17) is 23.2 Å². The summed E-state index contributed by atoms with van der Waals surface area (Å²) in [4.78, 5) is 26.6. The first-order chi connectivity index (χ1) is 12.1. The topological polar surface area (TPSA) is 65.3 Å². The van der Waals surface area contributed by atoms with E-state index in [0.717, 1.165) is 10.5 Å². The maximum atomic E-state index is 12.8. The minimum absolute atomic E-state index is 0.303. The van der Waals surface area contributed by atoms with Crippen molar-refractivity contribution in [1.29, 1.82) is 0 Å². The summed E-state index contributed by atoms with van der Waals surface area (Å²) in [6, 6.07) is 12.3. The molecule has 2 atom stereocenters. The van der Waals surface area contributed by atoms with E-state index in [2.05, 4.69) is 10.3 Å². The highest BCUT2D eigenvalue weighted by Gasteiger charge is 2.54. The molecule has 2 amide bonds. The fourth-order valence-corrected chi connectivity index (χ4v) is 3.32. The molecule has 0 spiro atoms. The number of halogens is 2. The second-order valence-electron chi connectivity index (χ2n) is 5.77. The van der Waals surface area contributed by atoms with E-state index in [1.165, 1.54) is 5.01 Å². The van der Waals surface area contributed by atoms with Crippen molar-refractivity contribution in [3.8, 4) is 0 Å². The van der Waals surface area contributed by atoms with Crippen molar-refractivity contribution in [2.75, 3.05) is 4.90 Å². The van der Waals surface area contributed by atoms with Crippen LogP contribution in [0, 0.1) is 0 Å². The van der Waals surface area contributed by atoms with Gasteiger partial charge in [-0.15, -0.1) is 0 Å². The first-order valence-electron chi connectivity index (χ1n) is 7.60. The molecular formula is C17H12Cl2N4O2.